The number of amides is 2. The number of thiazole rings is 2. The van der Waals surface area contributed by atoms with Crippen molar-refractivity contribution in [3.05, 3.63) is 68.7 Å². The van der Waals surface area contributed by atoms with E-state index in [-0.39, 0.29) is 17.5 Å². The smallest absolute Gasteiger partial charge is 0.270 e. The second-order valence-corrected chi connectivity index (χ2v) is 9.63. The Bertz CT molecular complexity index is 1430. The van der Waals surface area contributed by atoms with Crippen molar-refractivity contribution in [2.75, 3.05) is 17.7 Å². The first-order chi connectivity index (χ1) is 16.4. The molecule has 0 fully saturated rings. The Kier molecular flexibility index (Phi) is 5.67. The predicted molar refractivity (Wildman–Crippen MR) is 129 cm³/mol. The highest BCUT2D eigenvalue weighted by Gasteiger charge is 2.33. The lowest BCUT2D eigenvalue weighted by Gasteiger charge is -2.08. The molecule has 4 aromatic rings. The van der Waals surface area contributed by atoms with Crippen LogP contribution in [0.1, 0.15) is 33.3 Å². The van der Waals surface area contributed by atoms with E-state index in [1.54, 1.807) is 37.4 Å². The summed E-state index contributed by atoms with van der Waals surface area (Å²) >= 11 is 2.54. The summed E-state index contributed by atoms with van der Waals surface area (Å²) < 4.78 is 5.73. The van der Waals surface area contributed by atoms with Gasteiger partial charge in [-0.25, -0.2) is 9.97 Å². The van der Waals surface area contributed by atoms with Gasteiger partial charge in [0.2, 0.25) is 5.91 Å². The first kappa shape index (κ1) is 21.9. The normalized spacial score (nSPS) is 14.6. The second kappa shape index (κ2) is 8.80. The van der Waals surface area contributed by atoms with Crippen LogP contribution in [-0.4, -0.2) is 33.8 Å². The Morgan fingerprint density at radius 2 is 1.85 bits per heavy atom. The molecular weight excluding hydrogens is 478 g/mol. The monoisotopic (exact) mass is 495 g/mol. The van der Waals surface area contributed by atoms with E-state index in [0.717, 1.165) is 4.88 Å². The lowest BCUT2D eigenvalue weighted by Crippen LogP contribution is -2.20. The third kappa shape index (κ3) is 4.20. The molecule has 0 aliphatic heterocycles. The van der Waals surface area contributed by atoms with Crippen LogP contribution in [0.5, 0.6) is 5.75 Å². The van der Waals surface area contributed by atoms with Gasteiger partial charge in [0.25, 0.3) is 11.6 Å². The molecule has 0 bridgehead atoms. The van der Waals surface area contributed by atoms with Gasteiger partial charge in [0, 0.05) is 22.6 Å². The maximum atomic E-state index is 13.0. The average molecular weight is 496 g/mol. The number of carbonyl (C=O) groups excluding carboxylic acids is 2. The van der Waals surface area contributed by atoms with E-state index < -0.39 is 10.8 Å². The Balaban J connectivity index is 1.28. The number of rotatable bonds is 6. The molecule has 1 aliphatic carbocycles. The van der Waals surface area contributed by atoms with Crippen molar-refractivity contribution in [1.82, 2.24) is 9.97 Å². The number of benzene rings is 2. The van der Waals surface area contributed by atoms with E-state index in [2.05, 4.69) is 20.6 Å². The maximum Gasteiger partial charge on any atom is 0.270 e. The molecule has 0 saturated carbocycles. The van der Waals surface area contributed by atoms with Crippen LogP contribution in [0, 0.1) is 10.1 Å². The van der Waals surface area contributed by atoms with Gasteiger partial charge in [0.15, 0.2) is 10.3 Å². The minimum atomic E-state index is -0.468. The van der Waals surface area contributed by atoms with Crippen molar-refractivity contribution in [3.63, 3.8) is 0 Å². The molecule has 5 rings (SSSR count). The predicted octanol–water partition coefficient (Wildman–Crippen LogP) is 4.59. The highest BCUT2D eigenvalue weighted by Crippen LogP contribution is 2.39. The lowest BCUT2D eigenvalue weighted by molar-refractivity contribution is -0.384. The van der Waals surface area contributed by atoms with E-state index >= 15 is 0 Å². The van der Waals surface area contributed by atoms with Crippen molar-refractivity contribution >= 4 is 60.7 Å². The molecule has 172 valence electrons. The van der Waals surface area contributed by atoms with E-state index in [4.69, 9.17) is 4.74 Å². The fourth-order valence-electron chi connectivity index (χ4n) is 3.72. The van der Waals surface area contributed by atoms with Crippen LogP contribution in [0.2, 0.25) is 0 Å². The van der Waals surface area contributed by atoms with Crippen molar-refractivity contribution in [2.45, 2.75) is 18.8 Å². The second-order valence-electron chi connectivity index (χ2n) is 7.52. The van der Waals surface area contributed by atoms with Crippen molar-refractivity contribution in [3.8, 4) is 5.75 Å². The minimum Gasteiger partial charge on any atom is -0.497 e. The van der Waals surface area contributed by atoms with Gasteiger partial charge in [-0.15, -0.1) is 11.3 Å². The molecule has 1 atom stereocenters. The SMILES string of the molecule is COc1ccc(C(=O)Nc2nc3c(s2)CCC3C(=O)Nc2nc3ccc([N+](=O)[O-])cc3s2)cc1. The standard InChI is InChI=1S/C22H17N5O5S2/c1-32-13-5-2-11(3-6-13)19(28)25-22-24-18-14(7-9-16(18)33-22)20(29)26-21-23-15-8-4-12(27(30)31)10-17(15)34-21/h2-6,8,10,14H,7,9H2,1H3,(H,23,26,29)(H,24,25,28). The van der Waals surface area contributed by atoms with Gasteiger partial charge in [-0.2, -0.15) is 0 Å². The fraction of sp³-hybridized carbons (Fsp3) is 0.182. The van der Waals surface area contributed by atoms with Crippen molar-refractivity contribution in [1.29, 1.82) is 0 Å². The van der Waals surface area contributed by atoms with Crippen LogP contribution in [0.25, 0.3) is 10.2 Å². The number of methoxy groups -OCH3 is 1. The molecule has 12 heteroatoms. The minimum absolute atomic E-state index is 0.0267. The molecule has 1 unspecified atom stereocenters. The molecule has 0 spiro atoms. The van der Waals surface area contributed by atoms with Crippen molar-refractivity contribution < 1.29 is 19.2 Å². The van der Waals surface area contributed by atoms with Crippen molar-refractivity contribution in [2.24, 2.45) is 0 Å². The topological polar surface area (TPSA) is 136 Å². The number of carbonyl (C=O) groups is 2. The zero-order valence-electron chi connectivity index (χ0n) is 17.7. The molecule has 2 heterocycles. The highest BCUT2D eigenvalue weighted by molar-refractivity contribution is 7.22. The molecule has 2 aromatic heterocycles. The Hall–Kier alpha value is -3.90. The molecule has 2 N–H and O–H groups in total. The highest BCUT2D eigenvalue weighted by atomic mass is 32.1. The van der Waals surface area contributed by atoms with E-state index in [0.29, 0.717) is 50.3 Å². The Morgan fingerprint density at radius 3 is 2.59 bits per heavy atom. The average Bonchev–Trinajstić information content (AvgIpc) is 3.51. The number of nitro groups is 1. The molecule has 1 aliphatic rings. The largest absolute Gasteiger partial charge is 0.497 e. The van der Waals surface area contributed by atoms with Crippen LogP contribution in [-0.2, 0) is 11.2 Å². The van der Waals surface area contributed by atoms with Gasteiger partial charge in [-0.3, -0.25) is 25.0 Å². The Labute approximate surface area is 200 Å². The number of fused-ring (bicyclic) bond motifs is 2. The number of nitrogens with zero attached hydrogens (tertiary/aromatic N) is 3. The van der Waals surface area contributed by atoms with Crippen LogP contribution in [0.15, 0.2) is 42.5 Å². The van der Waals surface area contributed by atoms with Crippen LogP contribution in [0.3, 0.4) is 0 Å². The molecule has 10 nitrogen and oxygen atoms in total. The van der Waals surface area contributed by atoms with Gasteiger partial charge < -0.3 is 10.1 Å². The molecule has 2 amide bonds. The summed E-state index contributed by atoms with van der Waals surface area (Å²) in [6.45, 7) is 0. The number of aromatic nitrogens is 2. The molecule has 2 aromatic carbocycles. The Morgan fingerprint density at radius 1 is 1.09 bits per heavy atom. The zero-order chi connectivity index (χ0) is 23.8. The molecule has 0 radical (unpaired) electrons. The first-order valence-electron chi connectivity index (χ1n) is 10.2. The fourth-order valence-corrected chi connectivity index (χ4v) is 5.66. The summed E-state index contributed by atoms with van der Waals surface area (Å²) in [4.78, 5) is 45.8. The number of nitrogens with one attached hydrogen (secondary N) is 2. The zero-order valence-corrected chi connectivity index (χ0v) is 19.4. The van der Waals surface area contributed by atoms with Gasteiger partial charge in [0.05, 0.1) is 33.9 Å². The maximum absolute atomic E-state index is 13.0. The number of non-ortho nitro benzene ring substituents is 1. The third-order valence-corrected chi connectivity index (χ3v) is 7.40. The number of hydrogen-bond donors (Lipinski definition) is 2. The number of aryl methyl sites for hydroxylation is 1. The van der Waals surface area contributed by atoms with E-state index in [1.807, 2.05) is 0 Å². The van der Waals surface area contributed by atoms with Gasteiger partial charge >= 0.3 is 0 Å². The van der Waals surface area contributed by atoms with Gasteiger partial charge in [-0.1, -0.05) is 11.3 Å². The molecular formula is C22H17N5O5S2. The summed E-state index contributed by atoms with van der Waals surface area (Å²) in [6, 6.07) is 11.1. The summed E-state index contributed by atoms with van der Waals surface area (Å²) in [7, 11) is 1.56. The summed E-state index contributed by atoms with van der Waals surface area (Å²) in [5.41, 5.74) is 1.68. The lowest BCUT2D eigenvalue weighted by atomic mass is 10.1. The number of nitro benzene ring substituents is 1. The quantitative estimate of drug-likeness (QED) is 0.295. The van der Waals surface area contributed by atoms with E-state index in [1.165, 1.54) is 34.8 Å². The molecule has 0 saturated heterocycles. The number of hydrogen-bond acceptors (Lipinski definition) is 9. The third-order valence-electron chi connectivity index (χ3n) is 5.42. The summed E-state index contributed by atoms with van der Waals surface area (Å²) in [5.74, 6) is -0.338. The van der Waals surface area contributed by atoms with Gasteiger partial charge in [0.1, 0.15) is 5.75 Å². The summed E-state index contributed by atoms with van der Waals surface area (Å²) in [6.07, 6.45) is 1.30. The number of anilines is 2. The van der Waals surface area contributed by atoms with E-state index in [9.17, 15) is 19.7 Å². The van der Waals surface area contributed by atoms with Crippen LogP contribution < -0.4 is 15.4 Å². The summed E-state index contributed by atoms with van der Waals surface area (Å²) in [5, 5.41) is 17.4. The first-order valence-corrected chi connectivity index (χ1v) is 11.9. The molecule has 34 heavy (non-hydrogen) atoms. The van der Waals surface area contributed by atoms with Crippen LogP contribution >= 0.6 is 22.7 Å². The number of ether oxygens (including phenoxy) is 1. The van der Waals surface area contributed by atoms with Gasteiger partial charge in [-0.05, 0) is 43.2 Å². The van der Waals surface area contributed by atoms with Crippen LogP contribution in [0.4, 0.5) is 16.0 Å².